The Morgan fingerprint density at radius 2 is 1.92 bits per heavy atom. The number of nitrogens with zero attached hydrogens (tertiary/aromatic N) is 1. The molecule has 0 spiro atoms. The van der Waals surface area contributed by atoms with Crippen molar-refractivity contribution in [1.82, 2.24) is 9.88 Å². The largest absolute Gasteiger partial charge is 0.465 e. The zero-order valence-corrected chi connectivity index (χ0v) is 14.0. The molecule has 1 N–H and O–H groups in total. The van der Waals surface area contributed by atoms with Gasteiger partial charge in [0.25, 0.3) is 5.56 Å². The fourth-order valence-corrected chi connectivity index (χ4v) is 2.77. The molecular weight excluding hydrogens is 328 g/mol. The zero-order valence-electron chi connectivity index (χ0n) is 13.2. The molecular formula is C17H18N2O4S. The predicted octanol–water partition coefficient (Wildman–Crippen LogP) is 1.54. The normalized spacial score (nSPS) is 10.2. The van der Waals surface area contributed by atoms with E-state index in [0.29, 0.717) is 6.54 Å². The van der Waals surface area contributed by atoms with E-state index in [4.69, 9.17) is 0 Å². The highest BCUT2D eigenvalue weighted by Crippen LogP contribution is 2.15. The highest BCUT2D eigenvalue weighted by Gasteiger charge is 2.09. The van der Waals surface area contributed by atoms with Gasteiger partial charge in [-0.15, -0.1) is 11.8 Å². The van der Waals surface area contributed by atoms with E-state index in [-0.39, 0.29) is 23.6 Å². The van der Waals surface area contributed by atoms with Gasteiger partial charge >= 0.3 is 5.97 Å². The molecule has 0 atom stereocenters. The van der Waals surface area contributed by atoms with E-state index in [1.165, 1.54) is 30.0 Å². The van der Waals surface area contributed by atoms with Gasteiger partial charge in [0.15, 0.2) is 0 Å². The van der Waals surface area contributed by atoms with Gasteiger partial charge in [0.05, 0.1) is 12.7 Å². The third kappa shape index (κ3) is 5.27. The maximum Gasteiger partial charge on any atom is 0.339 e. The number of amides is 1. The Balaban J connectivity index is 1.84. The van der Waals surface area contributed by atoms with Crippen molar-refractivity contribution in [3.05, 3.63) is 64.6 Å². The minimum Gasteiger partial charge on any atom is -0.465 e. The molecule has 24 heavy (non-hydrogen) atoms. The van der Waals surface area contributed by atoms with Gasteiger partial charge in [-0.25, -0.2) is 4.79 Å². The molecule has 0 saturated heterocycles. The smallest absolute Gasteiger partial charge is 0.339 e. The van der Waals surface area contributed by atoms with Crippen LogP contribution in [0.2, 0.25) is 0 Å². The summed E-state index contributed by atoms with van der Waals surface area (Å²) in [6, 6.07) is 12.5. The first-order chi connectivity index (χ1) is 11.6. The van der Waals surface area contributed by atoms with E-state index >= 15 is 0 Å². The lowest BCUT2D eigenvalue weighted by atomic mass is 10.3. The summed E-state index contributed by atoms with van der Waals surface area (Å²) in [7, 11) is 1.26. The summed E-state index contributed by atoms with van der Waals surface area (Å²) in [6.07, 6.45) is 1.33. The number of benzene rings is 1. The lowest BCUT2D eigenvalue weighted by Gasteiger charge is -2.08. The molecule has 126 valence electrons. The number of hydrogen-bond donors (Lipinski definition) is 1. The van der Waals surface area contributed by atoms with Crippen molar-refractivity contribution in [2.45, 2.75) is 11.4 Å². The SMILES string of the molecule is COC(=O)c1ccc(=O)n(CC(=O)NCCSc2ccccc2)c1. The summed E-state index contributed by atoms with van der Waals surface area (Å²) in [5.74, 6) is -0.108. The monoisotopic (exact) mass is 346 g/mol. The van der Waals surface area contributed by atoms with Gasteiger partial charge in [-0.05, 0) is 18.2 Å². The van der Waals surface area contributed by atoms with E-state index < -0.39 is 5.97 Å². The summed E-state index contributed by atoms with van der Waals surface area (Å²) < 4.78 is 5.79. The average Bonchev–Trinajstić information content (AvgIpc) is 2.61. The van der Waals surface area contributed by atoms with Gasteiger partial charge in [0, 0.05) is 29.5 Å². The predicted molar refractivity (Wildman–Crippen MR) is 92.2 cm³/mol. The van der Waals surface area contributed by atoms with E-state index in [1.807, 2.05) is 30.3 Å². The second kappa shape index (κ2) is 8.93. The Kier molecular flexibility index (Phi) is 6.62. The van der Waals surface area contributed by atoms with Gasteiger partial charge < -0.3 is 14.6 Å². The summed E-state index contributed by atoms with van der Waals surface area (Å²) >= 11 is 1.64. The lowest BCUT2D eigenvalue weighted by molar-refractivity contribution is -0.121. The quantitative estimate of drug-likeness (QED) is 0.467. The van der Waals surface area contributed by atoms with Crippen LogP contribution in [0.1, 0.15) is 10.4 Å². The summed E-state index contributed by atoms with van der Waals surface area (Å²) in [5, 5.41) is 2.76. The van der Waals surface area contributed by atoms with Crippen LogP contribution in [0.4, 0.5) is 0 Å². The van der Waals surface area contributed by atoms with Crippen molar-refractivity contribution in [1.29, 1.82) is 0 Å². The number of nitrogens with one attached hydrogen (secondary N) is 1. The lowest BCUT2D eigenvalue weighted by Crippen LogP contribution is -2.33. The van der Waals surface area contributed by atoms with E-state index in [0.717, 1.165) is 10.6 Å². The van der Waals surface area contributed by atoms with Crippen molar-refractivity contribution in [3.63, 3.8) is 0 Å². The van der Waals surface area contributed by atoms with Crippen LogP contribution in [-0.4, -0.2) is 35.9 Å². The fraction of sp³-hybridized carbons (Fsp3) is 0.235. The molecule has 1 heterocycles. The molecule has 0 fully saturated rings. The van der Waals surface area contributed by atoms with Crippen LogP contribution in [0, 0.1) is 0 Å². The number of methoxy groups -OCH3 is 1. The molecule has 1 aromatic heterocycles. The summed E-state index contributed by atoms with van der Waals surface area (Å²) in [6.45, 7) is 0.351. The Labute approximate surface area is 143 Å². The van der Waals surface area contributed by atoms with Gasteiger partial charge in [-0.2, -0.15) is 0 Å². The maximum absolute atomic E-state index is 11.9. The number of rotatable bonds is 7. The molecule has 0 saturated carbocycles. The van der Waals surface area contributed by atoms with Gasteiger partial charge in [0.2, 0.25) is 5.91 Å². The third-order valence-electron chi connectivity index (χ3n) is 3.15. The number of hydrogen-bond acceptors (Lipinski definition) is 5. The molecule has 6 nitrogen and oxygen atoms in total. The van der Waals surface area contributed by atoms with E-state index in [1.54, 1.807) is 11.8 Å². The number of ether oxygens (including phenoxy) is 1. The van der Waals surface area contributed by atoms with Crippen LogP contribution in [0.3, 0.4) is 0 Å². The Morgan fingerprint density at radius 3 is 2.62 bits per heavy atom. The van der Waals surface area contributed by atoms with Crippen molar-refractivity contribution in [2.24, 2.45) is 0 Å². The molecule has 7 heteroatoms. The molecule has 0 unspecified atom stereocenters. The highest BCUT2D eigenvalue weighted by molar-refractivity contribution is 7.99. The minimum atomic E-state index is -0.552. The number of carbonyl (C=O) groups is 2. The standard InChI is InChI=1S/C17H18N2O4S/c1-23-17(22)13-7-8-16(21)19(11-13)12-15(20)18-9-10-24-14-5-3-2-4-6-14/h2-8,11H,9-10,12H2,1H3,(H,18,20). The second-order valence-electron chi connectivity index (χ2n) is 4.89. The molecule has 1 aromatic carbocycles. The third-order valence-corrected chi connectivity index (χ3v) is 4.17. The van der Waals surface area contributed by atoms with Crippen LogP contribution >= 0.6 is 11.8 Å². The highest BCUT2D eigenvalue weighted by atomic mass is 32.2. The maximum atomic E-state index is 11.9. The minimum absolute atomic E-state index is 0.139. The number of thioether (sulfide) groups is 1. The van der Waals surface area contributed by atoms with E-state index in [2.05, 4.69) is 10.1 Å². The van der Waals surface area contributed by atoms with Crippen molar-refractivity contribution >= 4 is 23.6 Å². The molecule has 0 bridgehead atoms. The number of aromatic nitrogens is 1. The Morgan fingerprint density at radius 1 is 1.17 bits per heavy atom. The molecule has 0 aliphatic heterocycles. The molecule has 0 aliphatic rings. The number of esters is 1. The summed E-state index contributed by atoms with van der Waals surface area (Å²) in [5.41, 5.74) is -0.124. The van der Waals surface area contributed by atoms with Crippen molar-refractivity contribution < 1.29 is 14.3 Å². The average molecular weight is 346 g/mol. The zero-order chi connectivity index (χ0) is 17.4. The molecule has 1 amide bonds. The van der Waals surface area contributed by atoms with Crippen LogP contribution in [0.25, 0.3) is 0 Å². The Bertz CT molecular complexity index is 759. The van der Waals surface area contributed by atoms with Gasteiger partial charge in [-0.3, -0.25) is 9.59 Å². The first kappa shape index (κ1) is 17.8. The Hall–Kier alpha value is -2.54. The molecule has 2 aromatic rings. The van der Waals surface area contributed by atoms with Crippen molar-refractivity contribution in [3.8, 4) is 0 Å². The van der Waals surface area contributed by atoms with Crippen LogP contribution < -0.4 is 10.9 Å². The number of pyridine rings is 1. The molecule has 0 radical (unpaired) electrons. The molecule has 0 aliphatic carbocycles. The van der Waals surface area contributed by atoms with Crippen molar-refractivity contribution in [2.75, 3.05) is 19.4 Å². The van der Waals surface area contributed by atoms with E-state index in [9.17, 15) is 14.4 Å². The van der Waals surface area contributed by atoms with Gasteiger partial charge in [-0.1, -0.05) is 18.2 Å². The van der Waals surface area contributed by atoms with Crippen LogP contribution in [0.15, 0.2) is 58.4 Å². The summed E-state index contributed by atoms with van der Waals surface area (Å²) in [4.78, 5) is 36.3. The molecule has 2 rings (SSSR count). The second-order valence-corrected chi connectivity index (χ2v) is 6.06. The van der Waals surface area contributed by atoms with Gasteiger partial charge in [0.1, 0.15) is 6.54 Å². The topological polar surface area (TPSA) is 77.4 Å². The van der Waals surface area contributed by atoms with Crippen LogP contribution in [-0.2, 0) is 16.1 Å². The number of carbonyl (C=O) groups excluding carboxylic acids is 2. The first-order valence-electron chi connectivity index (χ1n) is 7.33. The first-order valence-corrected chi connectivity index (χ1v) is 8.32. The van der Waals surface area contributed by atoms with Crippen LogP contribution in [0.5, 0.6) is 0 Å². The fourth-order valence-electron chi connectivity index (χ4n) is 1.98.